The SMILES string of the molecule is OC(NC1CCCC1)NC(CC1=CC=CCC1)(c1cccc(OC(F)(F)F)c1)c1ccc(Cl)cn1. The Hall–Kier alpha value is -2.39. The number of aliphatic hydroxyl groups is 1. The molecule has 0 spiro atoms. The van der Waals surface area contributed by atoms with Crippen molar-refractivity contribution in [2.24, 2.45) is 0 Å². The van der Waals surface area contributed by atoms with Crippen molar-refractivity contribution in [2.75, 3.05) is 0 Å². The fraction of sp³-hybridized carbons (Fsp3) is 0.423. The number of aliphatic hydroxyl groups excluding tert-OH is 1. The summed E-state index contributed by atoms with van der Waals surface area (Å²) >= 11 is 6.11. The molecule has 4 rings (SSSR count). The standard InChI is InChI=1S/C26H29ClF3N3O2/c27-20-13-14-23(31-17-20)25(16-18-7-2-1-3-8-18,33-24(34)32-21-10-4-5-11-21)19-9-6-12-22(15-19)35-26(28,29)30/h1-2,6-7,9,12-15,17,21,24,32-34H,3-5,8,10-11,16H2. The van der Waals surface area contributed by atoms with Crippen molar-refractivity contribution in [1.29, 1.82) is 0 Å². The van der Waals surface area contributed by atoms with Gasteiger partial charge in [-0.2, -0.15) is 0 Å². The maximum Gasteiger partial charge on any atom is 0.573 e. The number of nitrogens with one attached hydrogen (secondary N) is 2. The van der Waals surface area contributed by atoms with Crippen LogP contribution < -0.4 is 15.4 Å². The lowest BCUT2D eigenvalue weighted by Crippen LogP contribution is -2.56. The maximum atomic E-state index is 13.0. The Labute approximate surface area is 208 Å². The van der Waals surface area contributed by atoms with Gasteiger partial charge in [0.1, 0.15) is 5.75 Å². The number of alkyl halides is 3. The molecule has 0 radical (unpaired) electrons. The highest BCUT2D eigenvalue weighted by atomic mass is 35.5. The molecule has 2 aliphatic rings. The lowest BCUT2D eigenvalue weighted by molar-refractivity contribution is -0.274. The van der Waals surface area contributed by atoms with E-state index in [9.17, 15) is 18.3 Å². The van der Waals surface area contributed by atoms with E-state index < -0.39 is 18.3 Å². The van der Waals surface area contributed by atoms with E-state index in [0.717, 1.165) is 44.1 Å². The number of pyridine rings is 1. The number of hydrogen-bond donors (Lipinski definition) is 3. The number of aromatic nitrogens is 1. The lowest BCUT2D eigenvalue weighted by Gasteiger charge is -2.39. The third kappa shape index (κ3) is 6.85. The predicted octanol–water partition coefficient (Wildman–Crippen LogP) is 5.94. The van der Waals surface area contributed by atoms with E-state index in [1.54, 1.807) is 18.2 Å². The normalized spacial score (nSPS) is 19.3. The third-order valence-electron chi connectivity index (χ3n) is 6.45. The van der Waals surface area contributed by atoms with Gasteiger partial charge in [0.15, 0.2) is 6.35 Å². The second kappa shape index (κ2) is 11.1. The van der Waals surface area contributed by atoms with Crippen LogP contribution in [0.2, 0.25) is 5.02 Å². The second-order valence-corrected chi connectivity index (χ2v) is 9.44. The van der Waals surface area contributed by atoms with Crippen molar-refractivity contribution in [2.45, 2.75) is 69.2 Å². The van der Waals surface area contributed by atoms with Crippen molar-refractivity contribution in [3.05, 3.63) is 82.7 Å². The fourth-order valence-electron chi connectivity index (χ4n) is 4.87. The lowest BCUT2D eigenvalue weighted by atomic mass is 9.78. The van der Waals surface area contributed by atoms with Gasteiger partial charge in [-0.15, -0.1) is 13.2 Å². The number of ether oxygens (including phenoxy) is 1. The van der Waals surface area contributed by atoms with Gasteiger partial charge in [-0.1, -0.05) is 60.4 Å². The Morgan fingerprint density at radius 2 is 1.97 bits per heavy atom. The Kier molecular flexibility index (Phi) is 8.16. The van der Waals surface area contributed by atoms with E-state index in [2.05, 4.69) is 26.4 Å². The highest BCUT2D eigenvalue weighted by Crippen LogP contribution is 2.39. The average molecular weight is 508 g/mol. The number of rotatable bonds is 9. The Morgan fingerprint density at radius 1 is 1.17 bits per heavy atom. The van der Waals surface area contributed by atoms with E-state index in [-0.39, 0.29) is 11.8 Å². The highest BCUT2D eigenvalue weighted by Gasteiger charge is 2.40. The molecule has 5 nitrogen and oxygen atoms in total. The summed E-state index contributed by atoms with van der Waals surface area (Å²) in [5.41, 5.74) is 0.926. The van der Waals surface area contributed by atoms with Gasteiger partial charge in [-0.25, -0.2) is 0 Å². The quantitative estimate of drug-likeness (QED) is 0.366. The van der Waals surface area contributed by atoms with Crippen LogP contribution in [-0.4, -0.2) is 28.8 Å². The monoisotopic (exact) mass is 507 g/mol. The van der Waals surface area contributed by atoms with E-state index in [0.29, 0.717) is 22.7 Å². The van der Waals surface area contributed by atoms with Crippen molar-refractivity contribution in [1.82, 2.24) is 15.6 Å². The molecule has 1 aromatic carbocycles. The highest BCUT2D eigenvalue weighted by molar-refractivity contribution is 6.30. The molecule has 188 valence electrons. The molecule has 2 aliphatic carbocycles. The molecule has 2 atom stereocenters. The predicted molar refractivity (Wildman–Crippen MR) is 129 cm³/mol. The summed E-state index contributed by atoms with van der Waals surface area (Å²) in [5, 5.41) is 18.0. The smallest absolute Gasteiger partial charge is 0.406 e. The molecule has 2 unspecified atom stereocenters. The first-order valence-electron chi connectivity index (χ1n) is 11.8. The third-order valence-corrected chi connectivity index (χ3v) is 6.67. The molecule has 9 heteroatoms. The topological polar surface area (TPSA) is 66.4 Å². The number of benzene rings is 1. The summed E-state index contributed by atoms with van der Waals surface area (Å²) in [6.45, 7) is 0. The Balaban J connectivity index is 1.79. The van der Waals surface area contributed by atoms with E-state index in [1.807, 2.05) is 12.2 Å². The van der Waals surface area contributed by atoms with Crippen LogP contribution in [0.5, 0.6) is 5.75 Å². The largest absolute Gasteiger partial charge is 0.573 e. The summed E-state index contributed by atoms with van der Waals surface area (Å²) in [4.78, 5) is 4.54. The molecule has 35 heavy (non-hydrogen) atoms. The van der Waals surface area contributed by atoms with Gasteiger partial charge < -0.3 is 9.84 Å². The summed E-state index contributed by atoms with van der Waals surface area (Å²) in [6.07, 6.45) is 7.69. The number of halogens is 4. The van der Waals surface area contributed by atoms with Gasteiger partial charge in [0.05, 0.1) is 16.3 Å². The summed E-state index contributed by atoms with van der Waals surface area (Å²) in [5.74, 6) is -0.342. The molecule has 0 saturated heterocycles. The first-order valence-corrected chi connectivity index (χ1v) is 12.2. The zero-order valence-corrected chi connectivity index (χ0v) is 19.9. The summed E-state index contributed by atoms with van der Waals surface area (Å²) in [6, 6.07) is 9.40. The van der Waals surface area contributed by atoms with Gasteiger partial charge in [0, 0.05) is 12.2 Å². The molecule has 0 amide bonds. The minimum absolute atomic E-state index is 0.158. The van der Waals surface area contributed by atoms with Crippen LogP contribution in [0, 0.1) is 0 Å². The van der Waals surface area contributed by atoms with Gasteiger partial charge >= 0.3 is 6.36 Å². The first kappa shape index (κ1) is 25.7. The molecule has 1 saturated carbocycles. The zero-order chi connectivity index (χ0) is 24.9. The van der Waals surface area contributed by atoms with Crippen LogP contribution in [0.25, 0.3) is 0 Å². The minimum atomic E-state index is -4.83. The molecule has 0 bridgehead atoms. The first-order chi connectivity index (χ1) is 16.7. The van der Waals surface area contributed by atoms with Gasteiger partial charge in [0.25, 0.3) is 0 Å². The van der Waals surface area contributed by atoms with E-state index in [1.165, 1.54) is 24.4 Å². The van der Waals surface area contributed by atoms with E-state index >= 15 is 0 Å². The maximum absolute atomic E-state index is 13.0. The van der Waals surface area contributed by atoms with Gasteiger partial charge in [-0.05, 0) is 61.9 Å². The van der Waals surface area contributed by atoms with Gasteiger partial charge in [-0.3, -0.25) is 15.6 Å². The molecule has 2 aromatic rings. The zero-order valence-electron chi connectivity index (χ0n) is 19.2. The minimum Gasteiger partial charge on any atom is -0.406 e. The number of hydrogen-bond acceptors (Lipinski definition) is 5. The van der Waals surface area contributed by atoms with Crippen molar-refractivity contribution >= 4 is 11.6 Å². The van der Waals surface area contributed by atoms with Crippen LogP contribution in [0.15, 0.2) is 66.4 Å². The van der Waals surface area contributed by atoms with Crippen molar-refractivity contribution < 1.29 is 23.0 Å². The Bertz CT molecular complexity index is 1050. The molecule has 0 aliphatic heterocycles. The van der Waals surface area contributed by atoms with Crippen LogP contribution in [0.1, 0.15) is 56.2 Å². The number of nitrogens with zero attached hydrogens (tertiary/aromatic N) is 1. The second-order valence-electron chi connectivity index (χ2n) is 9.01. The molecule has 1 heterocycles. The molecule has 1 fully saturated rings. The molecule has 3 N–H and O–H groups in total. The molecular weight excluding hydrogens is 479 g/mol. The van der Waals surface area contributed by atoms with Crippen molar-refractivity contribution in [3.63, 3.8) is 0 Å². The fourth-order valence-corrected chi connectivity index (χ4v) is 4.98. The van der Waals surface area contributed by atoms with Gasteiger partial charge in [0.2, 0.25) is 0 Å². The van der Waals surface area contributed by atoms with Crippen molar-refractivity contribution in [3.8, 4) is 5.75 Å². The number of allylic oxidation sites excluding steroid dienone is 3. The Morgan fingerprint density at radius 3 is 2.63 bits per heavy atom. The summed E-state index contributed by atoms with van der Waals surface area (Å²) in [7, 11) is 0. The average Bonchev–Trinajstić information content (AvgIpc) is 3.32. The van der Waals surface area contributed by atoms with Crippen LogP contribution >= 0.6 is 11.6 Å². The van der Waals surface area contributed by atoms with Crippen LogP contribution in [0.3, 0.4) is 0 Å². The molecule has 1 aromatic heterocycles. The molecular formula is C26H29ClF3N3O2. The van der Waals surface area contributed by atoms with Crippen LogP contribution in [0.4, 0.5) is 13.2 Å². The van der Waals surface area contributed by atoms with Crippen LogP contribution in [-0.2, 0) is 5.54 Å². The van der Waals surface area contributed by atoms with E-state index in [4.69, 9.17) is 11.6 Å². The summed E-state index contributed by atoms with van der Waals surface area (Å²) < 4.78 is 43.3.